The van der Waals surface area contributed by atoms with Crippen LogP contribution >= 0.6 is 0 Å². The number of H-pyrrole nitrogens is 1. The van der Waals surface area contributed by atoms with E-state index in [1.54, 1.807) is 6.92 Å². The summed E-state index contributed by atoms with van der Waals surface area (Å²) in [6.45, 7) is 1.60. The first-order valence-electron chi connectivity index (χ1n) is 7.32. The van der Waals surface area contributed by atoms with Crippen LogP contribution in [0.15, 0.2) is 30.5 Å². The van der Waals surface area contributed by atoms with Crippen molar-refractivity contribution in [2.45, 2.75) is 25.1 Å². The van der Waals surface area contributed by atoms with Gasteiger partial charge in [-0.2, -0.15) is 0 Å². The van der Waals surface area contributed by atoms with Crippen molar-refractivity contribution in [3.8, 4) is 0 Å². The maximum absolute atomic E-state index is 12.8. The number of hydrogen-bond donors (Lipinski definition) is 2. The fraction of sp³-hybridized carbons (Fsp3) is 0.375. The second kappa shape index (κ2) is 5.68. The number of aromatic nitrogens is 1. The van der Waals surface area contributed by atoms with Crippen LogP contribution in [0.2, 0.25) is 0 Å². The summed E-state index contributed by atoms with van der Waals surface area (Å²) in [6.07, 6.45) is 2.02. The number of nitrogens with one attached hydrogen (secondary N) is 2. The van der Waals surface area contributed by atoms with Gasteiger partial charge in [-0.25, -0.2) is 5.06 Å². The Bertz CT molecular complexity index is 757. The molecule has 7 nitrogen and oxygen atoms in total. The number of carbonyl (C=O) groups is 2. The van der Waals surface area contributed by atoms with Crippen LogP contribution < -0.4 is 5.32 Å². The monoisotopic (exact) mass is 317 g/mol. The third-order valence-electron chi connectivity index (χ3n) is 4.26. The van der Waals surface area contributed by atoms with E-state index < -0.39 is 17.7 Å². The summed E-state index contributed by atoms with van der Waals surface area (Å²) in [5.41, 5.74) is 0.354. The number of methoxy groups -OCH3 is 1. The molecule has 122 valence electrons. The van der Waals surface area contributed by atoms with Crippen LogP contribution in [0.1, 0.15) is 12.5 Å². The lowest BCUT2D eigenvalue weighted by Gasteiger charge is -2.42. The van der Waals surface area contributed by atoms with Gasteiger partial charge in [-0.05, 0) is 18.6 Å². The third-order valence-corrected chi connectivity index (χ3v) is 4.26. The molecule has 1 aromatic carbocycles. The summed E-state index contributed by atoms with van der Waals surface area (Å²) in [5, 5.41) is 4.73. The van der Waals surface area contributed by atoms with Crippen LogP contribution in [0.3, 0.4) is 0 Å². The highest BCUT2D eigenvalue weighted by atomic mass is 16.7. The van der Waals surface area contributed by atoms with Gasteiger partial charge in [0.25, 0.3) is 0 Å². The average molecular weight is 317 g/mol. The molecule has 3 rings (SSSR count). The summed E-state index contributed by atoms with van der Waals surface area (Å²) in [6, 6.07) is 7.04. The van der Waals surface area contributed by atoms with Crippen molar-refractivity contribution in [3.05, 3.63) is 36.0 Å². The molecular weight excluding hydrogens is 298 g/mol. The molecule has 0 aliphatic carbocycles. The largest absolute Gasteiger partial charge is 0.361 e. The highest BCUT2D eigenvalue weighted by Crippen LogP contribution is 2.27. The van der Waals surface area contributed by atoms with Crippen molar-refractivity contribution in [3.63, 3.8) is 0 Å². The number of aromatic amines is 1. The average Bonchev–Trinajstić information content (AvgIpc) is 2.96. The third kappa shape index (κ3) is 2.38. The molecule has 2 heterocycles. The number of para-hydroxylation sites is 1. The standard InChI is InChI=1S/C16H19N3O4/c1-10-14(20)18-16(22-2,15(21)19(10)23-3)8-11-9-17-13-7-5-4-6-12(11)13/h4-7,9-10,17H,8H2,1-3H3,(H,18,20)/t10-,16-/m0/s1. The van der Waals surface area contributed by atoms with Crippen LogP contribution in [0.25, 0.3) is 10.9 Å². The molecule has 23 heavy (non-hydrogen) atoms. The van der Waals surface area contributed by atoms with E-state index >= 15 is 0 Å². The van der Waals surface area contributed by atoms with Crippen LogP contribution in [-0.2, 0) is 25.6 Å². The number of amides is 2. The maximum Gasteiger partial charge on any atom is 0.300 e. The Labute approximate surface area is 133 Å². The van der Waals surface area contributed by atoms with Gasteiger partial charge in [-0.1, -0.05) is 18.2 Å². The zero-order chi connectivity index (χ0) is 16.6. The maximum atomic E-state index is 12.8. The molecule has 1 fully saturated rings. The lowest BCUT2D eigenvalue weighted by atomic mass is 9.97. The Kier molecular flexibility index (Phi) is 3.83. The second-order valence-corrected chi connectivity index (χ2v) is 5.55. The number of nitrogens with zero attached hydrogens (tertiary/aromatic N) is 1. The van der Waals surface area contributed by atoms with Gasteiger partial charge in [-0.15, -0.1) is 0 Å². The van der Waals surface area contributed by atoms with Gasteiger partial charge in [0.2, 0.25) is 11.6 Å². The quantitative estimate of drug-likeness (QED) is 0.880. The zero-order valence-corrected chi connectivity index (χ0v) is 13.3. The van der Waals surface area contributed by atoms with Crippen molar-refractivity contribution in [2.24, 2.45) is 0 Å². The van der Waals surface area contributed by atoms with Gasteiger partial charge < -0.3 is 15.0 Å². The molecular formula is C16H19N3O4. The topological polar surface area (TPSA) is 83.7 Å². The minimum absolute atomic E-state index is 0.199. The Morgan fingerprint density at radius 2 is 2.00 bits per heavy atom. The van der Waals surface area contributed by atoms with E-state index in [2.05, 4.69) is 10.3 Å². The molecule has 1 saturated heterocycles. The number of hydrogen-bond acceptors (Lipinski definition) is 4. The number of benzene rings is 1. The number of ether oxygens (including phenoxy) is 1. The first-order chi connectivity index (χ1) is 11.0. The second-order valence-electron chi connectivity index (χ2n) is 5.55. The van der Waals surface area contributed by atoms with E-state index in [0.29, 0.717) is 0 Å². The smallest absolute Gasteiger partial charge is 0.300 e. The highest BCUT2D eigenvalue weighted by Gasteiger charge is 2.51. The first-order valence-corrected chi connectivity index (χ1v) is 7.32. The molecule has 2 aromatic rings. The van der Waals surface area contributed by atoms with Gasteiger partial charge in [0.05, 0.1) is 7.11 Å². The fourth-order valence-corrected chi connectivity index (χ4v) is 2.93. The summed E-state index contributed by atoms with van der Waals surface area (Å²) < 4.78 is 5.45. The van der Waals surface area contributed by atoms with E-state index in [-0.39, 0.29) is 12.3 Å². The SMILES string of the molecule is CON1C(=O)[C@](Cc2c[nH]c3ccccc23)(OC)NC(=O)[C@@H]1C. The minimum atomic E-state index is -1.48. The minimum Gasteiger partial charge on any atom is -0.361 e. The van der Waals surface area contributed by atoms with Gasteiger partial charge in [0, 0.05) is 30.6 Å². The zero-order valence-electron chi connectivity index (χ0n) is 13.3. The predicted octanol–water partition coefficient (Wildman–Crippen LogP) is 0.961. The van der Waals surface area contributed by atoms with Crippen molar-refractivity contribution in [1.29, 1.82) is 0 Å². The van der Waals surface area contributed by atoms with Gasteiger partial charge >= 0.3 is 5.91 Å². The van der Waals surface area contributed by atoms with Crippen molar-refractivity contribution in [2.75, 3.05) is 14.2 Å². The molecule has 0 saturated carbocycles. The molecule has 7 heteroatoms. The van der Waals surface area contributed by atoms with Crippen molar-refractivity contribution >= 4 is 22.7 Å². The molecule has 1 aliphatic heterocycles. The first kappa shape index (κ1) is 15.5. The van der Waals surface area contributed by atoms with E-state index in [9.17, 15) is 9.59 Å². The van der Waals surface area contributed by atoms with Gasteiger partial charge in [0.15, 0.2) is 0 Å². The molecule has 1 aliphatic rings. The molecule has 0 bridgehead atoms. The Balaban J connectivity index is 2.00. The Morgan fingerprint density at radius 1 is 1.26 bits per heavy atom. The molecule has 1 aromatic heterocycles. The van der Waals surface area contributed by atoms with Gasteiger partial charge in [-0.3, -0.25) is 14.4 Å². The summed E-state index contributed by atoms with van der Waals surface area (Å²) in [4.78, 5) is 33.2. The van der Waals surface area contributed by atoms with Crippen LogP contribution in [-0.4, -0.2) is 47.8 Å². The lowest BCUT2D eigenvalue weighted by molar-refractivity contribution is -0.223. The highest BCUT2D eigenvalue weighted by molar-refractivity contribution is 5.98. The van der Waals surface area contributed by atoms with E-state index in [1.807, 2.05) is 30.5 Å². The number of hydroxylamine groups is 2. The normalized spacial score (nSPS) is 25.0. The van der Waals surface area contributed by atoms with E-state index in [0.717, 1.165) is 21.5 Å². The molecule has 2 N–H and O–H groups in total. The fourth-order valence-electron chi connectivity index (χ4n) is 2.93. The molecule has 2 atom stereocenters. The molecule has 0 radical (unpaired) electrons. The molecule has 2 amide bonds. The number of fused-ring (bicyclic) bond motifs is 1. The Morgan fingerprint density at radius 3 is 2.70 bits per heavy atom. The van der Waals surface area contributed by atoms with Crippen LogP contribution in [0.5, 0.6) is 0 Å². The number of piperazine rings is 1. The van der Waals surface area contributed by atoms with Crippen molar-refractivity contribution in [1.82, 2.24) is 15.4 Å². The summed E-state index contributed by atoms with van der Waals surface area (Å²) >= 11 is 0. The van der Waals surface area contributed by atoms with E-state index in [1.165, 1.54) is 14.2 Å². The molecule has 0 spiro atoms. The summed E-state index contributed by atoms with van der Waals surface area (Å²) in [7, 11) is 2.76. The lowest BCUT2D eigenvalue weighted by Crippen LogP contribution is -2.71. The van der Waals surface area contributed by atoms with Crippen LogP contribution in [0, 0.1) is 0 Å². The van der Waals surface area contributed by atoms with E-state index in [4.69, 9.17) is 9.57 Å². The van der Waals surface area contributed by atoms with Crippen LogP contribution in [0.4, 0.5) is 0 Å². The Hall–Kier alpha value is -2.38. The van der Waals surface area contributed by atoms with Crippen molar-refractivity contribution < 1.29 is 19.2 Å². The summed E-state index contributed by atoms with van der Waals surface area (Å²) in [5.74, 6) is -0.756. The predicted molar refractivity (Wildman–Crippen MR) is 83.2 cm³/mol. The molecule has 0 unspecified atom stereocenters. The van der Waals surface area contributed by atoms with Gasteiger partial charge in [0.1, 0.15) is 6.04 Å². The number of rotatable bonds is 4. The number of carbonyl (C=O) groups excluding carboxylic acids is 2.